The van der Waals surface area contributed by atoms with Gasteiger partial charge in [-0.15, -0.1) is 0 Å². The lowest BCUT2D eigenvalue weighted by Gasteiger charge is -2.16. The first-order valence-electron chi connectivity index (χ1n) is 9.71. The number of amides is 5. The van der Waals surface area contributed by atoms with E-state index in [9.17, 15) is 19.2 Å². The standard InChI is InChI=1S/C22H19BrClN3O6/c1-3-32-17-8-12(6-14-20(29)26-22(31)27-21(14)30)7-15(23)19(17)33-10-18(28)25-13-5-4-11(2)16(24)9-13/h4-9H,3,10H2,1-2H3,(H,25,28)(H2,26,27,29,30,31). The maximum atomic E-state index is 12.3. The Bertz CT molecular complexity index is 1160. The van der Waals surface area contributed by atoms with E-state index < -0.39 is 23.8 Å². The van der Waals surface area contributed by atoms with Crippen LogP contribution in [0.3, 0.4) is 0 Å². The summed E-state index contributed by atoms with van der Waals surface area (Å²) < 4.78 is 11.7. The molecule has 3 N–H and O–H groups in total. The highest BCUT2D eigenvalue weighted by Gasteiger charge is 2.28. The van der Waals surface area contributed by atoms with Crippen molar-refractivity contribution in [3.8, 4) is 11.5 Å². The molecule has 9 nitrogen and oxygen atoms in total. The van der Waals surface area contributed by atoms with E-state index >= 15 is 0 Å². The smallest absolute Gasteiger partial charge is 0.328 e. The van der Waals surface area contributed by atoms with Crippen LogP contribution in [-0.2, 0) is 14.4 Å². The molecule has 2 aromatic carbocycles. The highest BCUT2D eigenvalue weighted by molar-refractivity contribution is 9.10. The Hall–Kier alpha value is -3.37. The molecule has 33 heavy (non-hydrogen) atoms. The van der Waals surface area contributed by atoms with Crippen molar-refractivity contribution in [3.05, 3.63) is 56.5 Å². The van der Waals surface area contributed by atoms with E-state index in [4.69, 9.17) is 21.1 Å². The first kappa shape index (κ1) is 24.3. The zero-order valence-corrected chi connectivity index (χ0v) is 19.9. The van der Waals surface area contributed by atoms with Gasteiger partial charge in [0, 0.05) is 10.7 Å². The number of rotatable bonds is 7. The Morgan fingerprint density at radius 3 is 2.45 bits per heavy atom. The molecule has 0 aromatic heterocycles. The number of benzene rings is 2. The Balaban J connectivity index is 1.78. The van der Waals surface area contributed by atoms with E-state index in [1.165, 1.54) is 6.08 Å². The fourth-order valence-corrected chi connectivity index (χ4v) is 3.61. The zero-order valence-electron chi connectivity index (χ0n) is 17.6. The van der Waals surface area contributed by atoms with Crippen LogP contribution < -0.4 is 25.4 Å². The Kier molecular flexibility index (Phi) is 7.72. The first-order valence-corrected chi connectivity index (χ1v) is 10.9. The number of nitrogens with one attached hydrogen (secondary N) is 3. The Labute approximate surface area is 202 Å². The van der Waals surface area contributed by atoms with E-state index in [1.807, 2.05) is 17.6 Å². The molecular weight excluding hydrogens is 518 g/mol. The third-order valence-corrected chi connectivity index (χ3v) is 5.39. The number of hydrogen-bond donors (Lipinski definition) is 3. The summed E-state index contributed by atoms with van der Waals surface area (Å²) in [5.74, 6) is -1.48. The summed E-state index contributed by atoms with van der Waals surface area (Å²) >= 11 is 9.45. The topological polar surface area (TPSA) is 123 Å². The molecule has 0 spiro atoms. The van der Waals surface area contributed by atoms with Gasteiger partial charge in [0.1, 0.15) is 5.57 Å². The second-order valence-electron chi connectivity index (χ2n) is 6.86. The minimum absolute atomic E-state index is 0.242. The molecule has 0 radical (unpaired) electrons. The summed E-state index contributed by atoms with van der Waals surface area (Å²) in [5.41, 5.74) is 1.62. The van der Waals surface area contributed by atoms with Crippen molar-refractivity contribution in [2.45, 2.75) is 13.8 Å². The number of carbonyl (C=O) groups is 4. The molecule has 0 atom stereocenters. The molecular formula is C22H19BrClN3O6. The lowest BCUT2D eigenvalue weighted by Crippen LogP contribution is -2.51. The molecule has 11 heteroatoms. The summed E-state index contributed by atoms with van der Waals surface area (Å²) in [7, 11) is 0. The molecule has 0 aliphatic carbocycles. The van der Waals surface area contributed by atoms with Gasteiger partial charge in [-0.2, -0.15) is 0 Å². The predicted molar refractivity (Wildman–Crippen MR) is 125 cm³/mol. The number of imide groups is 2. The molecule has 0 unspecified atom stereocenters. The van der Waals surface area contributed by atoms with Gasteiger partial charge < -0.3 is 14.8 Å². The van der Waals surface area contributed by atoms with Crippen molar-refractivity contribution < 1.29 is 28.7 Å². The zero-order chi connectivity index (χ0) is 24.1. The van der Waals surface area contributed by atoms with Crippen LogP contribution in [0, 0.1) is 6.92 Å². The van der Waals surface area contributed by atoms with Crippen LogP contribution >= 0.6 is 27.5 Å². The maximum Gasteiger partial charge on any atom is 0.328 e. The molecule has 0 saturated carbocycles. The minimum Gasteiger partial charge on any atom is -0.490 e. The predicted octanol–water partition coefficient (Wildman–Crippen LogP) is 3.58. The second kappa shape index (κ2) is 10.5. The van der Waals surface area contributed by atoms with E-state index in [-0.39, 0.29) is 23.7 Å². The van der Waals surface area contributed by atoms with Crippen LogP contribution in [0.15, 0.2) is 40.4 Å². The van der Waals surface area contributed by atoms with Crippen LogP contribution in [-0.4, -0.2) is 37.0 Å². The fraction of sp³-hybridized carbons (Fsp3) is 0.182. The molecule has 0 bridgehead atoms. The Morgan fingerprint density at radius 1 is 1.12 bits per heavy atom. The maximum absolute atomic E-state index is 12.3. The van der Waals surface area contributed by atoms with Crippen molar-refractivity contribution in [2.75, 3.05) is 18.5 Å². The molecule has 1 aliphatic rings. The average Bonchev–Trinajstić information content (AvgIpc) is 2.73. The van der Waals surface area contributed by atoms with E-state index in [0.717, 1.165) is 5.56 Å². The number of aryl methyl sites for hydroxylation is 1. The van der Waals surface area contributed by atoms with Crippen molar-refractivity contribution in [1.82, 2.24) is 10.6 Å². The molecule has 2 aromatic rings. The van der Waals surface area contributed by atoms with E-state index in [1.54, 1.807) is 37.3 Å². The molecule has 172 valence electrons. The number of halogens is 2. The Morgan fingerprint density at radius 2 is 1.82 bits per heavy atom. The highest BCUT2D eigenvalue weighted by Crippen LogP contribution is 2.37. The number of carbonyl (C=O) groups excluding carboxylic acids is 4. The number of anilines is 1. The highest BCUT2D eigenvalue weighted by atomic mass is 79.9. The average molecular weight is 537 g/mol. The van der Waals surface area contributed by atoms with E-state index in [2.05, 4.69) is 21.2 Å². The molecule has 1 heterocycles. The molecule has 1 aliphatic heterocycles. The quantitative estimate of drug-likeness (QED) is 0.367. The van der Waals surface area contributed by atoms with Gasteiger partial charge in [-0.25, -0.2) is 4.79 Å². The largest absolute Gasteiger partial charge is 0.490 e. The third kappa shape index (κ3) is 6.11. The lowest BCUT2D eigenvalue weighted by atomic mass is 10.1. The molecule has 3 rings (SSSR count). The molecule has 5 amide bonds. The first-order chi connectivity index (χ1) is 15.7. The van der Waals surface area contributed by atoms with Gasteiger partial charge in [-0.3, -0.25) is 25.0 Å². The summed E-state index contributed by atoms with van der Waals surface area (Å²) in [6.07, 6.45) is 1.31. The van der Waals surface area contributed by atoms with Crippen LogP contribution in [0.2, 0.25) is 5.02 Å². The third-order valence-electron chi connectivity index (χ3n) is 4.39. The second-order valence-corrected chi connectivity index (χ2v) is 8.12. The van der Waals surface area contributed by atoms with Crippen molar-refractivity contribution in [3.63, 3.8) is 0 Å². The number of barbiturate groups is 1. The van der Waals surface area contributed by atoms with Gasteiger partial charge in [0.25, 0.3) is 17.7 Å². The van der Waals surface area contributed by atoms with Crippen molar-refractivity contribution >= 4 is 63.0 Å². The van der Waals surface area contributed by atoms with Crippen LogP contribution in [0.4, 0.5) is 10.5 Å². The number of urea groups is 1. The van der Waals surface area contributed by atoms with Gasteiger partial charge in [0.2, 0.25) is 0 Å². The molecule has 1 saturated heterocycles. The summed E-state index contributed by atoms with van der Waals surface area (Å²) in [5, 5.41) is 7.24. The molecule has 1 fully saturated rings. The minimum atomic E-state index is -0.881. The summed E-state index contributed by atoms with van der Waals surface area (Å²) in [6.45, 7) is 3.62. The number of ether oxygens (including phenoxy) is 2. The van der Waals surface area contributed by atoms with Gasteiger partial charge in [0.15, 0.2) is 18.1 Å². The number of hydrogen-bond acceptors (Lipinski definition) is 6. The monoisotopic (exact) mass is 535 g/mol. The van der Waals surface area contributed by atoms with Crippen molar-refractivity contribution in [1.29, 1.82) is 0 Å². The van der Waals surface area contributed by atoms with Crippen LogP contribution in [0.1, 0.15) is 18.1 Å². The lowest BCUT2D eigenvalue weighted by molar-refractivity contribution is -0.124. The summed E-state index contributed by atoms with van der Waals surface area (Å²) in [4.78, 5) is 47.5. The fourth-order valence-electron chi connectivity index (χ4n) is 2.85. The van der Waals surface area contributed by atoms with Gasteiger partial charge >= 0.3 is 6.03 Å². The van der Waals surface area contributed by atoms with Gasteiger partial charge in [-0.05, 0) is 71.2 Å². The SMILES string of the molecule is CCOc1cc(C=C2C(=O)NC(=O)NC2=O)cc(Br)c1OCC(=O)Nc1ccc(C)c(Cl)c1. The summed E-state index contributed by atoms with van der Waals surface area (Å²) in [6, 6.07) is 7.41. The van der Waals surface area contributed by atoms with Crippen LogP contribution in [0.5, 0.6) is 11.5 Å². The van der Waals surface area contributed by atoms with Gasteiger partial charge in [-0.1, -0.05) is 17.7 Å². The van der Waals surface area contributed by atoms with Crippen molar-refractivity contribution in [2.24, 2.45) is 0 Å². The van der Waals surface area contributed by atoms with Crippen LogP contribution in [0.25, 0.3) is 6.08 Å². The van der Waals surface area contributed by atoms with E-state index in [0.29, 0.717) is 27.4 Å². The van der Waals surface area contributed by atoms with Gasteiger partial charge in [0.05, 0.1) is 11.1 Å². The normalized spacial score (nSPS) is 13.2.